The van der Waals surface area contributed by atoms with E-state index < -0.39 is 0 Å². The van der Waals surface area contributed by atoms with Crippen LogP contribution in [0.15, 0.2) is 36.7 Å². The normalized spacial score (nSPS) is 11.2. The second-order valence-corrected chi connectivity index (χ2v) is 5.35. The largest absolute Gasteiger partial charge is 0.313 e. The third kappa shape index (κ3) is 2.64. The molecule has 0 bridgehead atoms. The van der Waals surface area contributed by atoms with Crippen molar-refractivity contribution in [2.75, 3.05) is 6.54 Å². The summed E-state index contributed by atoms with van der Waals surface area (Å²) in [6.07, 6.45) is 3.71. The second-order valence-electron chi connectivity index (χ2n) is 4.94. The molecule has 0 saturated heterocycles. The molecular weight excluding hydrogens is 284 g/mol. The number of aromatic nitrogens is 3. The average molecular weight is 301 g/mol. The molecular formula is C16H17ClN4. The van der Waals surface area contributed by atoms with Gasteiger partial charge in [-0.05, 0) is 24.4 Å². The van der Waals surface area contributed by atoms with Crippen LogP contribution in [0, 0.1) is 6.92 Å². The van der Waals surface area contributed by atoms with Gasteiger partial charge in [-0.3, -0.25) is 0 Å². The maximum atomic E-state index is 6.11. The number of hydrogen-bond donors (Lipinski definition) is 1. The van der Waals surface area contributed by atoms with Crippen molar-refractivity contribution in [1.82, 2.24) is 20.1 Å². The van der Waals surface area contributed by atoms with E-state index >= 15 is 0 Å². The topological polar surface area (TPSA) is 42.7 Å². The summed E-state index contributed by atoms with van der Waals surface area (Å²) in [5, 5.41) is 10.7. The summed E-state index contributed by atoms with van der Waals surface area (Å²) in [5.41, 5.74) is 1.99. The van der Waals surface area contributed by atoms with Gasteiger partial charge in [0.2, 0.25) is 0 Å². The number of aryl methyl sites for hydroxylation is 1. The predicted molar refractivity (Wildman–Crippen MR) is 86.0 cm³/mol. The Hall–Kier alpha value is -1.91. The molecule has 21 heavy (non-hydrogen) atoms. The van der Waals surface area contributed by atoms with E-state index in [1.807, 2.05) is 25.3 Å². The van der Waals surface area contributed by atoms with E-state index in [0.717, 1.165) is 30.0 Å². The highest BCUT2D eigenvalue weighted by Crippen LogP contribution is 2.25. The first-order valence-corrected chi connectivity index (χ1v) is 7.38. The van der Waals surface area contributed by atoms with E-state index in [1.165, 1.54) is 10.9 Å². The van der Waals surface area contributed by atoms with E-state index in [-0.39, 0.29) is 0 Å². The molecule has 0 aliphatic rings. The van der Waals surface area contributed by atoms with Crippen LogP contribution in [-0.4, -0.2) is 21.3 Å². The van der Waals surface area contributed by atoms with E-state index in [9.17, 15) is 0 Å². The SMILES string of the molecule is CCNCc1cnc(-n2cc(Cl)c(C)n2)c2ccccc12. The summed E-state index contributed by atoms with van der Waals surface area (Å²) < 4.78 is 1.75. The summed E-state index contributed by atoms with van der Waals surface area (Å²) in [6, 6.07) is 8.24. The first kappa shape index (κ1) is 14.0. The molecule has 3 rings (SSSR count). The molecule has 0 saturated carbocycles. The number of rotatable bonds is 4. The summed E-state index contributed by atoms with van der Waals surface area (Å²) in [4.78, 5) is 4.59. The molecule has 1 N–H and O–H groups in total. The molecule has 0 fully saturated rings. The fourth-order valence-electron chi connectivity index (χ4n) is 2.37. The van der Waals surface area contributed by atoms with Gasteiger partial charge in [-0.25, -0.2) is 9.67 Å². The highest BCUT2D eigenvalue weighted by atomic mass is 35.5. The minimum atomic E-state index is 0.651. The van der Waals surface area contributed by atoms with Crippen LogP contribution in [0.4, 0.5) is 0 Å². The molecule has 3 aromatic rings. The zero-order valence-electron chi connectivity index (χ0n) is 12.1. The number of pyridine rings is 1. The fourth-order valence-corrected chi connectivity index (χ4v) is 2.50. The Kier molecular flexibility index (Phi) is 3.90. The lowest BCUT2D eigenvalue weighted by Gasteiger charge is -2.10. The van der Waals surface area contributed by atoms with E-state index in [1.54, 1.807) is 10.9 Å². The Morgan fingerprint density at radius 3 is 2.67 bits per heavy atom. The Labute approximate surface area is 128 Å². The van der Waals surface area contributed by atoms with Gasteiger partial charge >= 0.3 is 0 Å². The predicted octanol–water partition coefficient (Wildman–Crippen LogP) is 3.49. The van der Waals surface area contributed by atoms with Gasteiger partial charge in [0.25, 0.3) is 0 Å². The molecule has 0 amide bonds. The molecule has 0 spiro atoms. The first-order valence-electron chi connectivity index (χ1n) is 7.00. The van der Waals surface area contributed by atoms with Crippen LogP contribution >= 0.6 is 11.6 Å². The van der Waals surface area contributed by atoms with Crippen molar-refractivity contribution in [3.05, 3.63) is 52.9 Å². The van der Waals surface area contributed by atoms with Crippen LogP contribution < -0.4 is 5.32 Å². The number of hydrogen-bond acceptors (Lipinski definition) is 3. The molecule has 4 nitrogen and oxygen atoms in total. The van der Waals surface area contributed by atoms with Crippen LogP contribution in [0.25, 0.3) is 16.6 Å². The molecule has 2 heterocycles. The number of fused-ring (bicyclic) bond motifs is 1. The molecule has 1 aromatic carbocycles. The summed E-state index contributed by atoms with van der Waals surface area (Å²) in [5.74, 6) is 0.806. The van der Waals surface area contributed by atoms with Crippen molar-refractivity contribution in [3.8, 4) is 5.82 Å². The average Bonchev–Trinajstić information content (AvgIpc) is 2.84. The summed E-state index contributed by atoms with van der Waals surface area (Å²) >= 11 is 6.11. The van der Waals surface area contributed by atoms with Crippen LogP contribution in [-0.2, 0) is 6.54 Å². The van der Waals surface area contributed by atoms with Crippen LogP contribution in [0.3, 0.4) is 0 Å². The fraction of sp³-hybridized carbons (Fsp3) is 0.250. The van der Waals surface area contributed by atoms with Crippen molar-refractivity contribution in [1.29, 1.82) is 0 Å². The van der Waals surface area contributed by atoms with Gasteiger partial charge < -0.3 is 5.32 Å². The monoisotopic (exact) mass is 300 g/mol. The number of nitrogens with zero attached hydrogens (tertiary/aromatic N) is 3. The Morgan fingerprint density at radius 2 is 2.00 bits per heavy atom. The molecule has 0 radical (unpaired) electrons. The highest BCUT2D eigenvalue weighted by molar-refractivity contribution is 6.31. The smallest absolute Gasteiger partial charge is 0.161 e. The number of nitrogens with one attached hydrogen (secondary N) is 1. The second kappa shape index (κ2) is 5.84. The van der Waals surface area contributed by atoms with Gasteiger partial charge in [0.05, 0.1) is 16.9 Å². The van der Waals surface area contributed by atoms with Gasteiger partial charge in [-0.15, -0.1) is 0 Å². The van der Waals surface area contributed by atoms with Gasteiger partial charge in [0.1, 0.15) is 0 Å². The molecule has 0 aliphatic carbocycles. The lowest BCUT2D eigenvalue weighted by atomic mass is 10.1. The zero-order valence-corrected chi connectivity index (χ0v) is 12.9. The minimum Gasteiger partial charge on any atom is -0.313 e. The van der Waals surface area contributed by atoms with Gasteiger partial charge in [0, 0.05) is 18.1 Å². The molecule has 108 valence electrons. The lowest BCUT2D eigenvalue weighted by molar-refractivity contribution is 0.727. The highest BCUT2D eigenvalue weighted by Gasteiger charge is 2.11. The molecule has 5 heteroatoms. The summed E-state index contributed by atoms with van der Waals surface area (Å²) in [7, 11) is 0. The Balaban J connectivity index is 2.16. The van der Waals surface area contributed by atoms with Gasteiger partial charge in [-0.2, -0.15) is 5.10 Å². The quantitative estimate of drug-likeness (QED) is 0.802. The van der Waals surface area contributed by atoms with Crippen LogP contribution in [0.1, 0.15) is 18.2 Å². The van der Waals surface area contributed by atoms with Crippen LogP contribution in [0.5, 0.6) is 0 Å². The molecule has 0 aliphatic heterocycles. The van der Waals surface area contributed by atoms with Crippen molar-refractivity contribution in [3.63, 3.8) is 0 Å². The van der Waals surface area contributed by atoms with E-state index in [4.69, 9.17) is 11.6 Å². The van der Waals surface area contributed by atoms with Gasteiger partial charge in [-0.1, -0.05) is 42.8 Å². The molecule has 2 aromatic heterocycles. The van der Waals surface area contributed by atoms with Gasteiger partial charge in [0.15, 0.2) is 5.82 Å². The maximum Gasteiger partial charge on any atom is 0.161 e. The molecule has 0 atom stereocenters. The first-order chi connectivity index (χ1) is 10.2. The Morgan fingerprint density at radius 1 is 1.24 bits per heavy atom. The van der Waals surface area contributed by atoms with E-state index in [0.29, 0.717) is 5.02 Å². The molecule has 0 unspecified atom stereocenters. The summed E-state index contributed by atoms with van der Waals surface area (Å²) in [6.45, 7) is 5.73. The number of halogens is 1. The van der Waals surface area contributed by atoms with Crippen molar-refractivity contribution < 1.29 is 0 Å². The van der Waals surface area contributed by atoms with Crippen molar-refractivity contribution in [2.24, 2.45) is 0 Å². The minimum absolute atomic E-state index is 0.651. The van der Waals surface area contributed by atoms with Crippen molar-refractivity contribution >= 4 is 22.4 Å². The van der Waals surface area contributed by atoms with Crippen molar-refractivity contribution in [2.45, 2.75) is 20.4 Å². The maximum absolute atomic E-state index is 6.11. The third-order valence-corrected chi connectivity index (χ3v) is 3.85. The third-order valence-electron chi connectivity index (χ3n) is 3.48. The van der Waals surface area contributed by atoms with E-state index in [2.05, 4.69) is 34.5 Å². The Bertz CT molecular complexity index is 760. The standard InChI is InChI=1S/C16H17ClN4/c1-3-18-8-12-9-19-16(14-7-5-4-6-13(12)14)21-10-15(17)11(2)20-21/h4-7,9-10,18H,3,8H2,1-2H3. The van der Waals surface area contributed by atoms with Crippen LogP contribution in [0.2, 0.25) is 5.02 Å². The zero-order chi connectivity index (χ0) is 14.8. The lowest BCUT2D eigenvalue weighted by Crippen LogP contribution is -2.13. The number of benzene rings is 1.